The molecule has 2 amide bonds. The molecule has 0 aliphatic carbocycles. The fourth-order valence-electron chi connectivity index (χ4n) is 2.18. The minimum absolute atomic E-state index is 0.0881. The van der Waals surface area contributed by atoms with Gasteiger partial charge in [-0.3, -0.25) is 20.4 Å². The van der Waals surface area contributed by atoms with Crippen LogP contribution in [-0.4, -0.2) is 24.5 Å². The Labute approximate surface area is 174 Å². The third kappa shape index (κ3) is 6.55. The summed E-state index contributed by atoms with van der Waals surface area (Å²) in [6, 6.07) is 10.6. The van der Waals surface area contributed by atoms with Gasteiger partial charge in [-0.25, -0.2) is 0 Å². The molecule has 2 aromatic rings. The Morgan fingerprint density at radius 2 is 1.63 bits per heavy atom. The molecule has 0 saturated carbocycles. The Hall–Kier alpha value is -2.06. The molecule has 0 aliphatic rings. The third-order valence-corrected chi connectivity index (χ3v) is 4.35. The number of hydrogen-bond donors (Lipinski definition) is 2. The monoisotopic (exact) mass is 498 g/mol. The van der Waals surface area contributed by atoms with Crippen LogP contribution in [0, 0.1) is 6.92 Å². The van der Waals surface area contributed by atoms with E-state index in [1.807, 2.05) is 32.9 Å². The van der Waals surface area contributed by atoms with Crippen LogP contribution in [0.25, 0.3) is 0 Å². The number of rotatable bonds is 6. The number of hydrogen-bond acceptors (Lipinski definition) is 4. The topological polar surface area (TPSA) is 76.7 Å². The molecule has 0 unspecified atom stereocenters. The molecule has 6 nitrogen and oxygen atoms in total. The summed E-state index contributed by atoms with van der Waals surface area (Å²) >= 11 is 6.70. The molecule has 0 spiro atoms. The van der Waals surface area contributed by atoms with Gasteiger partial charge >= 0.3 is 0 Å². The van der Waals surface area contributed by atoms with E-state index in [1.54, 1.807) is 24.3 Å². The van der Waals surface area contributed by atoms with Crippen molar-refractivity contribution in [2.75, 3.05) is 6.61 Å². The number of nitrogens with one attached hydrogen (secondary N) is 2. The molecule has 2 aromatic carbocycles. The molecule has 0 bridgehead atoms. The molecule has 0 aromatic heterocycles. The first kappa shape index (κ1) is 21.2. The van der Waals surface area contributed by atoms with Crippen LogP contribution >= 0.6 is 31.9 Å². The average Bonchev–Trinajstić information content (AvgIpc) is 2.60. The standard InChI is InChI=1S/C19H20Br2N2O4/c1-11(2)27-17-7-5-14(21)9-15(17)19(25)23-22-18(24)10-26-16-6-4-13(20)8-12(16)3/h4-9,11H,10H2,1-3H3,(H,22,24)(H,23,25). The summed E-state index contributed by atoms with van der Waals surface area (Å²) in [6.45, 7) is 5.39. The predicted octanol–water partition coefficient (Wildman–Crippen LogP) is 4.15. The number of hydrazine groups is 1. The van der Waals surface area contributed by atoms with Gasteiger partial charge in [0.15, 0.2) is 6.61 Å². The van der Waals surface area contributed by atoms with E-state index in [2.05, 4.69) is 42.7 Å². The SMILES string of the molecule is Cc1cc(Br)ccc1OCC(=O)NNC(=O)c1cc(Br)ccc1OC(C)C. The molecular weight excluding hydrogens is 480 g/mol. The van der Waals surface area contributed by atoms with Crippen molar-refractivity contribution in [1.82, 2.24) is 10.9 Å². The molecule has 0 atom stereocenters. The van der Waals surface area contributed by atoms with Crippen molar-refractivity contribution in [3.8, 4) is 11.5 Å². The van der Waals surface area contributed by atoms with E-state index in [0.717, 1.165) is 14.5 Å². The smallest absolute Gasteiger partial charge is 0.276 e. The van der Waals surface area contributed by atoms with Crippen LogP contribution in [0.1, 0.15) is 29.8 Å². The quantitative estimate of drug-likeness (QED) is 0.585. The Balaban J connectivity index is 1.93. The molecule has 0 radical (unpaired) electrons. The van der Waals surface area contributed by atoms with Gasteiger partial charge in [-0.2, -0.15) is 0 Å². The van der Waals surface area contributed by atoms with Crippen molar-refractivity contribution >= 4 is 43.7 Å². The van der Waals surface area contributed by atoms with Crippen LogP contribution in [0.4, 0.5) is 0 Å². The number of carbonyl (C=O) groups is 2. The van der Waals surface area contributed by atoms with Crippen LogP contribution < -0.4 is 20.3 Å². The van der Waals surface area contributed by atoms with Gasteiger partial charge in [0.25, 0.3) is 11.8 Å². The number of aryl methyl sites for hydroxylation is 1. The molecule has 27 heavy (non-hydrogen) atoms. The summed E-state index contributed by atoms with van der Waals surface area (Å²) in [5.41, 5.74) is 5.91. The molecule has 0 aliphatic heterocycles. The molecular formula is C19H20Br2N2O4. The van der Waals surface area contributed by atoms with E-state index in [4.69, 9.17) is 9.47 Å². The van der Waals surface area contributed by atoms with E-state index in [1.165, 1.54) is 0 Å². The van der Waals surface area contributed by atoms with Crippen LogP contribution in [0.2, 0.25) is 0 Å². The second-order valence-corrected chi connectivity index (χ2v) is 7.84. The summed E-state index contributed by atoms with van der Waals surface area (Å²) in [4.78, 5) is 24.4. The second-order valence-electron chi connectivity index (χ2n) is 6.01. The lowest BCUT2D eigenvalue weighted by Gasteiger charge is -2.15. The summed E-state index contributed by atoms with van der Waals surface area (Å²) in [5.74, 6) is 0.0630. The zero-order valence-electron chi connectivity index (χ0n) is 15.1. The minimum atomic E-state index is -0.486. The largest absolute Gasteiger partial charge is 0.490 e. The van der Waals surface area contributed by atoms with E-state index in [0.29, 0.717) is 17.1 Å². The fourth-order valence-corrected chi connectivity index (χ4v) is 3.02. The van der Waals surface area contributed by atoms with Crippen LogP contribution in [0.15, 0.2) is 45.3 Å². The van der Waals surface area contributed by atoms with E-state index < -0.39 is 11.8 Å². The molecule has 144 valence electrons. The summed E-state index contributed by atoms with van der Waals surface area (Å²) < 4.78 is 12.8. The lowest BCUT2D eigenvalue weighted by atomic mass is 10.2. The first-order valence-electron chi connectivity index (χ1n) is 8.20. The molecule has 2 N–H and O–H groups in total. The molecule has 0 saturated heterocycles. The number of halogens is 2. The van der Waals surface area contributed by atoms with Gasteiger partial charge in [0, 0.05) is 8.95 Å². The van der Waals surface area contributed by atoms with Crippen LogP contribution in [0.5, 0.6) is 11.5 Å². The Kier molecular flexibility index (Phi) is 7.67. The van der Waals surface area contributed by atoms with Gasteiger partial charge in [0.1, 0.15) is 11.5 Å². The molecule has 0 fully saturated rings. The number of benzene rings is 2. The number of carbonyl (C=O) groups excluding carboxylic acids is 2. The zero-order valence-corrected chi connectivity index (χ0v) is 18.3. The maximum Gasteiger partial charge on any atom is 0.276 e. The van der Waals surface area contributed by atoms with Crippen molar-refractivity contribution in [2.24, 2.45) is 0 Å². The van der Waals surface area contributed by atoms with Crippen molar-refractivity contribution in [3.63, 3.8) is 0 Å². The summed E-state index contributed by atoms with van der Waals surface area (Å²) in [7, 11) is 0. The van der Waals surface area contributed by atoms with Crippen molar-refractivity contribution in [1.29, 1.82) is 0 Å². The number of ether oxygens (including phenoxy) is 2. The molecule has 0 heterocycles. The van der Waals surface area contributed by atoms with Gasteiger partial charge in [-0.1, -0.05) is 31.9 Å². The maximum absolute atomic E-state index is 12.4. The first-order valence-corrected chi connectivity index (χ1v) is 9.79. The first-order chi connectivity index (χ1) is 12.8. The second kappa shape index (κ2) is 9.75. The fraction of sp³-hybridized carbons (Fsp3) is 0.263. The minimum Gasteiger partial charge on any atom is -0.490 e. The van der Waals surface area contributed by atoms with Crippen molar-refractivity contribution < 1.29 is 19.1 Å². The normalized spacial score (nSPS) is 10.4. The van der Waals surface area contributed by atoms with Gasteiger partial charge in [-0.05, 0) is 62.7 Å². The third-order valence-electron chi connectivity index (χ3n) is 3.36. The number of amides is 2. The van der Waals surface area contributed by atoms with Gasteiger partial charge in [0.2, 0.25) is 0 Å². The van der Waals surface area contributed by atoms with Crippen molar-refractivity contribution in [2.45, 2.75) is 26.9 Å². The van der Waals surface area contributed by atoms with Gasteiger partial charge in [0.05, 0.1) is 11.7 Å². The zero-order chi connectivity index (χ0) is 20.0. The summed E-state index contributed by atoms with van der Waals surface area (Å²) in [5, 5.41) is 0. The lowest BCUT2D eigenvalue weighted by molar-refractivity contribution is -0.123. The lowest BCUT2D eigenvalue weighted by Crippen LogP contribution is -2.44. The maximum atomic E-state index is 12.4. The predicted molar refractivity (Wildman–Crippen MR) is 110 cm³/mol. The highest BCUT2D eigenvalue weighted by Crippen LogP contribution is 2.24. The van der Waals surface area contributed by atoms with Crippen LogP contribution in [-0.2, 0) is 4.79 Å². The Morgan fingerprint density at radius 3 is 2.26 bits per heavy atom. The van der Waals surface area contributed by atoms with E-state index in [9.17, 15) is 9.59 Å². The molecule has 8 heteroatoms. The van der Waals surface area contributed by atoms with Gasteiger partial charge in [-0.15, -0.1) is 0 Å². The Bertz CT molecular complexity index is 840. The van der Waals surface area contributed by atoms with E-state index in [-0.39, 0.29) is 12.7 Å². The Morgan fingerprint density at radius 1 is 1.00 bits per heavy atom. The highest BCUT2D eigenvalue weighted by Gasteiger charge is 2.15. The van der Waals surface area contributed by atoms with E-state index >= 15 is 0 Å². The van der Waals surface area contributed by atoms with Crippen molar-refractivity contribution in [3.05, 3.63) is 56.5 Å². The average molecular weight is 500 g/mol. The summed E-state index contributed by atoms with van der Waals surface area (Å²) in [6.07, 6.45) is -0.0881. The van der Waals surface area contributed by atoms with Crippen LogP contribution in [0.3, 0.4) is 0 Å². The highest BCUT2D eigenvalue weighted by atomic mass is 79.9. The highest BCUT2D eigenvalue weighted by molar-refractivity contribution is 9.10. The molecule has 2 rings (SSSR count). The van der Waals surface area contributed by atoms with Gasteiger partial charge < -0.3 is 9.47 Å².